The van der Waals surface area contributed by atoms with Crippen molar-refractivity contribution in [1.82, 2.24) is 15.3 Å². The molecule has 2 aromatic rings. The van der Waals surface area contributed by atoms with Crippen LogP contribution >= 0.6 is 27.3 Å². The fourth-order valence-electron chi connectivity index (χ4n) is 1.58. The van der Waals surface area contributed by atoms with Gasteiger partial charge < -0.3 is 5.32 Å². The topological polar surface area (TPSA) is 37.8 Å². The second-order valence-corrected chi connectivity index (χ2v) is 6.15. The maximum absolute atomic E-state index is 4.38. The van der Waals surface area contributed by atoms with Gasteiger partial charge in [-0.15, -0.1) is 11.3 Å². The minimum Gasteiger partial charge on any atom is -0.304 e. The summed E-state index contributed by atoms with van der Waals surface area (Å²) in [7, 11) is 0. The van der Waals surface area contributed by atoms with Crippen molar-refractivity contribution in [3.8, 4) is 0 Å². The molecule has 0 radical (unpaired) electrons. The molecule has 0 amide bonds. The molecule has 0 bridgehead atoms. The predicted molar refractivity (Wildman–Crippen MR) is 74.2 cm³/mol. The van der Waals surface area contributed by atoms with Crippen molar-refractivity contribution in [2.24, 2.45) is 0 Å². The third kappa shape index (κ3) is 3.34. The van der Waals surface area contributed by atoms with Gasteiger partial charge in [0.1, 0.15) is 0 Å². The second kappa shape index (κ2) is 6.23. The van der Waals surface area contributed by atoms with E-state index in [1.165, 1.54) is 4.88 Å². The number of rotatable bonds is 5. The Balaban J connectivity index is 2.25. The lowest BCUT2D eigenvalue weighted by Crippen LogP contribution is -2.23. The lowest BCUT2D eigenvalue weighted by molar-refractivity contribution is 0.591. The smallest absolute Gasteiger partial charge is 0.0861 e. The van der Waals surface area contributed by atoms with Crippen LogP contribution in [0.4, 0.5) is 0 Å². The van der Waals surface area contributed by atoms with Crippen LogP contribution in [0.15, 0.2) is 34.5 Å². The third-order valence-corrected chi connectivity index (χ3v) is 4.04. The Hall–Kier alpha value is -0.780. The summed E-state index contributed by atoms with van der Waals surface area (Å²) in [6, 6.07) is 4.33. The molecule has 90 valence electrons. The fraction of sp³-hybridized carbons (Fsp3) is 0.333. The summed E-state index contributed by atoms with van der Waals surface area (Å²) in [5.74, 6) is 0. The van der Waals surface area contributed by atoms with Gasteiger partial charge in [-0.1, -0.05) is 6.92 Å². The van der Waals surface area contributed by atoms with Crippen molar-refractivity contribution >= 4 is 27.3 Å². The average molecular weight is 312 g/mol. The summed E-state index contributed by atoms with van der Waals surface area (Å²) in [6.07, 6.45) is 6.35. The summed E-state index contributed by atoms with van der Waals surface area (Å²) in [4.78, 5) is 9.78. The highest BCUT2D eigenvalue weighted by Gasteiger charge is 2.16. The quantitative estimate of drug-likeness (QED) is 0.919. The van der Waals surface area contributed by atoms with Crippen LogP contribution in [-0.2, 0) is 0 Å². The number of hydrogen-bond donors (Lipinski definition) is 1. The van der Waals surface area contributed by atoms with Crippen molar-refractivity contribution < 1.29 is 0 Å². The van der Waals surface area contributed by atoms with E-state index in [-0.39, 0.29) is 6.04 Å². The van der Waals surface area contributed by atoms with Crippen LogP contribution in [0.2, 0.25) is 0 Å². The van der Waals surface area contributed by atoms with Crippen LogP contribution in [0.5, 0.6) is 0 Å². The molecule has 0 aliphatic heterocycles. The van der Waals surface area contributed by atoms with Crippen LogP contribution in [0, 0.1) is 0 Å². The van der Waals surface area contributed by atoms with E-state index in [2.05, 4.69) is 50.3 Å². The van der Waals surface area contributed by atoms with Crippen molar-refractivity contribution in [1.29, 1.82) is 0 Å². The number of halogens is 1. The van der Waals surface area contributed by atoms with Gasteiger partial charge in [0.25, 0.3) is 0 Å². The Morgan fingerprint density at radius 3 is 2.88 bits per heavy atom. The van der Waals surface area contributed by atoms with E-state index in [0.717, 1.165) is 22.4 Å². The molecule has 0 aliphatic rings. The zero-order valence-corrected chi connectivity index (χ0v) is 12.0. The van der Waals surface area contributed by atoms with Crippen LogP contribution in [0.25, 0.3) is 0 Å². The Morgan fingerprint density at radius 2 is 2.29 bits per heavy atom. The molecule has 1 unspecified atom stereocenters. The van der Waals surface area contributed by atoms with E-state index in [4.69, 9.17) is 0 Å². The number of aromatic nitrogens is 2. The molecule has 0 fully saturated rings. The van der Waals surface area contributed by atoms with Crippen LogP contribution in [0.1, 0.15) is 30.0 Å². The SMILES string of the molecule is CCCNC(c1cnccn1)c1ccc(Br)s1. The third-order valence-electron chi connectivity index (χ3n) is 2.36. The Kier molecular flexibility index (Phi) is 4.65. The van der Waals surface area contributed by atoms with Crippen LogP contribution in [-0.4, -0.2) is 16.5 Å². The van der Waals surface area contributed by atoms with Crippen LogP contribution < -0.4 is 5.32 Å². The van der Waals surface area contributed by atoms with E-state index in [1.807, 2.05) is 6.20 Å². The molecule has 1 N–H and O–H groups in total. The molecule has 0 saturated carbocycles. The maximum Gasteiger partial charge on any atom is 0.0861 e. The summed E-state index contributed by atoms with van der Waals surface area (Å²) >= 11 is 5.22. The summed E-state index contributed by atoms with van der Waals surface area (Å²) < 4.78 is 1.14. The number of nitrogens with one attached hydrogen (secondary N) is 1. The molecule has 0 aliphatic carbocycles. The normalized spacial score (nSPS) is 12.6. The Bertz CT molecular complexity index is 458. The first-order valence-corrected chi connectivity index (χ1v) is 7.16. The first kappa shape index (κ1) is 12.7. The molecule has 1 atom stereocenters. The first-order chi connectivity index (χ1) is 8.31. The van der Waals surface area contributed by atoms with Gasteiger partial charge in [0, 0.05) is 17.3 Å². The molecule has 0 spiro atoms. The highest BCUT2D eigenvalue weighted by atomic mass is 79.9. The standard InChI is InChI=1S/C12H14BrN3S/c1-2-5-16-12(9-8-14-6-7-15-9)10-3-4-11(13)17-10/h3-4,6-8,12,16H,2,5H2,1H3. The molecule has 3 nitrogen and oxygen atoms in total. The Labute approximate surface area is 113 Å². The maximum atomic E-state index is 4.38. The molecular formula is C12H14BrN3S. The monoisotopic (exact) mass is 311 g/mol. The van der Waals surface area contributed by atoms with Crippen molar-refractivity contribution in [3.05, 3.63) is 45.1 Å². The van der Waals surface area contributed by atoms with Crippen molar-refractivity contribution in [2.75, 3.05) is 6.54 Å². The largest absolute Gasteiger partial charge is 0.304 e. The second-order valence-electron chi connectivity index (χ2n) is 3.66. The molecule has 5 heteroatoms. The van der Waals surface area contributed by atoms with Gasteiger partial charge >= 0.3 is 0 Å². The molecule has 2 heterocycles. The molecule has 2 aromatic heterocycles. The van der Waals surface area contributed by atoms with Crippen LogP contribution in [0.3, 0.4) is 0 Å². The van der Waals surface area contributed by atoms with Gasteiger partial charge in [-0.25, -0.2) is 0 Å². The fourth-order valence-corrected chi connectivity index (χ4v) is 3.09. The molecule has 17 heavy (non-hydrogen) atoms. The predicted octanol–water partition coefficient (Wildman–Crippen LogP) is 3.39. The minimum absolute atomic E-state index is 0.139. The molecule has 0 aromatic carbocycles. The van der Waals surface area contributed by atoms with E-state index in [1.54, 1.807) is 23.7 Å². The van der Waals surface area contributed by atoms with Gasteiger partial charge in [-0.2, -0.15) is 0 Å². The van der Waals surface area contributed by atoms with E-state index >= 15 is 0 Å². The van der Waals surface area contributed by atoms with Crippen molar-refractivity contribution in [3.63, 3.8) is 0 Å². The van der Waals surface area contributed by atoms with Gasteiger partial charge in [0.2, 0.25) is 0 Å². The zero-order chi connectivity index (χ0) is 12.1. The number of hydrogen-bond acceptors (Lipinski definition) is 4. The summed E-state index contributed by atoms with van der Waals surface area (Å²) in [6.45, 7) is 3.13. The van der Waals surface area contributed by atoms with E-state index < -0.39 is 0 Å². The Morgan fingerprint density at radius 1 is 1.41 bits per heavy atom. The first-order valence-electron chi connectivity index (χ1n) is 5.55. The van der Waals surface area contributed by atoms with Gasteiger partial charge in [0.05, 0.1) is 21.7 Å². The highest BCUT2D eigenvalue weighted by Crippen LogP contribution is 2.30. The van der Waals surface area contributed by atoms with Gasteiger partial charge in [-0.05, 0) is 41.0 Å². The number of nitrogens with zero attached hydrogens (tertiary/aromatic N) is 2. The molecule has 0 saturated heterocycles. The average Bonchev–Trinajstić information content (AvgIpc) is 2.78. The summed E-state index contributed by atoms with van der Waals surface area (Å²) in [5, 5.41) is 3.50. The number of thiophene rings is 1. The lowest BCUT2D eigenvalue weighted by Gasteiger charge is -2.15. The molecular weight excluding hydrogens is 298 g/mol. The van der Waals surface area contributed by atoms with Gasteiger partial charge in [-0.3, -0.25) is 9.97 Å². The lowest BCUT2D eigenvalue weighted by atomic mass is 10.1. The zero-order valence-electron chi connectivity index (χ0n) is 9.56. The van der Waals surface area contributed by atoms with Crippen molar-refractivity contribution in [2.45, 2.75) is 19.4 Å². The highest BCUT2D eigenvalue weighted by molar-refractivity contribution is 9.11. The van der Waals surface area contributed by atoms with E-state index in [0.29, 0.717) is 0 Å². The van der Waals surface area contributed by atoms with E-state index in [9.17, 15) is 0 Å². The van der Waals surface area contributed by atoms with Gasteiger partial charge in [0.15, 0.2) is 0 Å². The summed E-state index contributed by atoms with van der Waals surface area (Å²) in [5.41, 5.74) is 0.968. The molecule has 2 rings (SSSR count). The minimum atomic E-state index is 0.139.